The van der Waals surface area contributed by atoms with Gasteiger partial charge in [-0.3, -0.25) is 29.6 Å². The number of nitrogens with zero attached hydrogens (tertiary/aromatic N) is 4. The van der Waals surface area contributed by atoms with Crippen molar-refractivity contribution in [3.8, 4) is 11.5 Å². The molecule has 0 unspecified atom stereocenters. The minimum Gasteiger partial charge on any atom is -0.463 e. The molecule has 0 aliphatic carbocycles. The van der Waals surface area contributed by atoms with Gasteiger partial charge in [0.2, 0.25) is 5.75 Å². The number of carbonyl (C=O) groups is 1. The number of fused-ring (bicyclic) bond motifs is 1. The van der Waals surface area contributed by atoms with Crippen LogP contribution in [-0.4, -0.2) is 27.0 Å². The van der Waals surface area contributed by atoms with Crippen molar-refractivity contribution in [2.24, 2.45) is 4.99 Å². The Labute approximate surface area is 273 Å². The van der Waals surface area contributed by atoms with Gasteiger partial charge >= 0.3 is 11.7 Å². The monoisotopic (exact) mass is 656 g/mol. The summed E-state index contributed by atoms with van der Waals surface area (Å²) < 4.78 is 13.2. The minimum atomic E-state index is -0.774. The molecular formula is C34H32N4O8S. The van der Waals surface area contributed by atoms with Crippen LogP contribution in [0, 0.1) is 20.2 Å². The SMILES string of the molecule is CCCC1=C(C(=O)OCC)[C@H](c2ccc(C(C)C)cc2)n2c(s/c(=C/c3ccccc3Oc3ccc([N+](=O)[O-])cc3[N+](=O)[O-])c2=O)=N1. The highest BCUT2D eigenvalue weighted by atomic mass is 32.1. The summed E-state index contributed by atoms with van der Waals surface area (Å²) in [5.74, 6) is -0.252. The van der Waals surface area contributed by atoms with Crippen molar-refractivity contribution in [1.29, 1.82) is 0 Å². The van der Waals surface area contributed by atoms with Gasteiger partial charge in [0.05, 0.1) is 44.4 Å². The number of hydrogen-bond acceptors (Lipinski definition) is 10. The Bertz CT molecular complexity index is 2080. The largest absolute Gasteiger partial charge is 0.463 e. The number of ether oxygens (including phenoxy) is 2. The highest BCUT2D eigenvalue weighted by Crippen LogP contribution is 2.36. The molecule has 1 atom stereocenters. The Hall–Kier alpha value is -5.43. The third kappa shape index (κ3) is 6.75. The number of para-hydroxylation sites is 1. The van der Waals surface area contributed by atoms with Crippen molar-refractivity contribution in [3.05, 3.63) is 135 Å². The molecule has 5 rings (SSSR count). The number of thiazole rings is 1. The first-order valence-corrected chi connectivity index (χ1v) is 15.9. The van der Waals surface area contributed by atoms with Crippen molar-refractivity contribution in [3.63, 3.8) is 0 Å². The topological polar surface area (TPSA) is 156 Å². The van der Waals surface area contributed by atoms with Gasteiger partial charge in [0.15, 0.2) is 4.80 Å². The van der Waals surface area contributed by atoms with Gasteiger partial charge in [-0.05, 0) is 48.6 Å². The van der Waals surface area contributed by atoms with Gasteiger partial charge in [-0.2, -0.15) is 0 Å². The summed E-state index contributed by atoms with van der Waals surface area (Å²) in [4.78, 5) is 54.3. The average Bonchev–Trinajstić information content (AvgIpc) is 3.35. The van der Waals surface area contributed by atoms with Crippen molar-refractivity contribution < 1.29 is 24.1 Å². The van der Waals surface area contributed by atoms with Gasteiger partial charge in [0, 0.05) is 11.6 Å². The van der Waals surface area contributed by atoms with E-state index in [2.05, 4.69) is 13.8 Å². The molecule has 0 radical (unpaired) electrons. The van der Waals surface area contributed by atoms with Crippen molar-refractivity contribution in [2.75, 3.05) is 6.61 Å². The van der Waals surface area contributed by atoms with E-state index in [1.807, 2.05) is 31.2 Å². The van der Waals surface area contributed by atoms with Gasteiger partial charge in [0.1, 0.15) is 5.75 Å². The van der Waals surface area contributed by atoms with E-state index in [9.17, 15) is 29.8 Å². The van der Waals surface area contributed by atoms with Crippen LogP contribution in [0.5, 0.6) is 11.5 Å². The number of esters is 1. The van der Waals surface area contributed by atoms with E-state index in [0.717, 1.165) is 47.1 Å². The maximum Gasteiger partial charge on any atom is 0.338 e. The summed E-state index contributed by atoms with van der Waals surface area (Å²) in [5.41, 5.74) is 1.75. The highest BCUT2D eigenvalue weighted by molar-refractivity contribution is 7.07. The predicted molar refractivity (Wildman–Crippen MR) is 176 cm³/mol. The van der Waals surface area contributed by atoms with Crippen LogP contribution in [0.4, 0.5) is 11.4 Å². The van der Waals surface area contributed by atoms with E-state index in [1.165, 1.54) is 4.57 Å². The smallest absolute Gasteiger partial charge is 0.338 e. The molecule has 1 aliphatic heterocycles. The van der Waals surface area contributed by atoms with Gasteiger partial charge in [-0.1, -0.05) is 81.0 Å². The van der Waals surface area contributed by atoms with Crippen LogP contribution in [-0.2, 0) is 9.53 Å². The molecule has 1 aromatic heterocycles. The van der Waals surface area contributed by atoms with E-state index in [0.29, 0.717) is 32.6 Å². The Morgan fingerprint density at radius 1 is 1.02 bits per heavy atom. The average molecular weight is 657 g/mol. The van der Waals surface area contributed by atoms with Crippen molar-refractivity contribution >= 4 is 34.8 Å². The van der Waals surface area contributed by atoms with Gasteiger partial charge in [0.25, 0.3) is 11.2 Å². The fraction of sp³-hybridized carbons (Fsp3) is 0.265. The summed E-state index contributed by atoms with van der Waals surface area (Å²) >= 11 is 1.15. The molecule has 0 fully saturated rings. The lowest BCUT2D eigenvalue weighted by Crippen LogP contribution is -2.40. The van der Waals surface area contributed by atoms with E-state index in [-0.39, 0.29) is 29.6 Å². The molecule has 0 N–H and O–H groups in total. The number of benzene rings is 3. The molecule has 0 bridgehead atoms. The Morgan fingerprint density at radius 2 is 1.74 bits per heavy atom. The summed E-state index contributed by atoms with van der Waals surface area (Å²) in [6.45, 7) is 8.05. The molecule has 4 aromatic rings. The lowest BCUT2D eigenvalue weighted by Gasteiger charge is -2.26. The van der Waals surface area contributed by atoms with Crippen LogP contribution in [0.3, 0.4) is 0 Å². The van der Waals surface area contributed by atoms with Crippen LogP contribution < -0.4 is 19.6 Å². The Morgan fingerprint density at radius 3 is 2.38 bits per heavy atom. The fourth-order valence-electron chi connectivity index (χ4n) is 5.30. The van der Waals surface area contributed by atoms with E-state index >= 15 is 0 Å². The molecule has 0 amide bonds. The van der Waals surface area contributed by atoms with Crippen LogP contribution >= 0.6 is 11.3 Å². The number of rotatable bonds is 11. The molecule has 47 heavy (non-hydrogen) atoms. The van der Waals surface area contributed by atoms with Gasteiger partial charge in [-0.15, -0.1) is 0 Å². The standard InChI is InChI=1S/C34H32N4O8S/c1-5-9-25-30(33(40)45-6-2)31(22-14-12-21(13-15-22)20(3)4)36-32(39)29(47-34(36)35-25)18-23-10-7-8-11-27(23)46-28-17-16-24(37(41)42)19-26(28)38(43)44/h7-8,10-20,31H,5-6,9H2,1-4H3/b29-18+/t31-/m0/s1. The molecule has 0 spiro atoms. The second-order valence-electron chi connectivity index (χ2n) is 11.0. The first kappa shape index (κ1) is 32.9. The van der Waals surface area contributed by atoms with Gasteiger partial charge in [-0.25, -0.2) is 9.79 Å². The molecule has 13 heteroatoms. The maximum atomic E-state index is 14.2. The van der Waals surface area contributed by atoms with Crippen LogP contribution in [0.1, 0.15) is 69.2 Å². The molecule has 242 valence electrons. The lowest BCUT2D eigenvalue weighted by molar-refractivity contribution is -0.394. The van der Waals surface area contributed by atoms with E-state index in [1.54, 1.807) is 37.3 Å². The number of non-ortho nitro benzene ring substituents is 1. The zero-order valence-corrected chi connectivity index (χ0v) is 27.0. The minimum absolute atomic E-state index is 0.162. The predicted octanol–water partition coefficient (Wildman–Crippen LogP) is 6.31. The van der Waals surface area contributed by atoms with Gasteiger partial charge < -0.3 is 9.47 Å². The zero-order chi connectivity index (χ0) is 33.8. The number of aromatic nitrogens is 1. The molecular weight excluding hydrogens is 624 g/mol. The third-order valence-electron chi connectivity index (χ3n) is 7.59. The summed E-state index contributed by atoms with van der Waals surface area (Å²) in [6, 6.07) is 16.8. The summed E-state index contributed by atoms with van der Waals surface area (Å²) in [5, 5.41) is 22.9. The normalized spacial score (nSPS) is 14.5. The molecule has 3 aromatic carbocycles. The Kier molecular flexibility index (Phi) is 9.75. The third-order valence-corrected chi connectivity index (χ3v) is 8.57. The number of nitro groups is 2. The number of nitro benzene ring substituents is 2. The van der Waals surface area contributed by atoms with Crippen LogP contribution in [0.25, 0.3) is 6.08 Å². The molecule has 0 saturated carbocycles. The lowest BCUT2D eigenvalue weighted by atomic mass is 9.92. The van der Waals surface area contributed by atoms with E-state index in [4.69, 9.17) is 14.5 Å². The summed E-state index contributed by atoms with van der Waals surface area (Å²) in [7, 11) is 0. The van der Waals surface area contributed by atoms with Crippen molar-refractivity contribution in [2.45, 2.75) is 52.5 Å². The first-order valence-electron chi connectivity index (χ1n) is 15.1. The summed E-state index contributed by atoms with van der Waals surface area (Å²) in [6.07, 6.45) is 2.82. The highest BCUT2D eigenvalue weighted by Gasteiger charge is 2.34. The molecule has 12 nitrogen and oxygen atoms in total. The van der Waals surface area contributed by atoms with Crippen LogP contribution in [0.2, 0.25) is 0 Å². The molecule has 2 heterocycles. The quantitative estimate of drug-likeness (QED) is 0.103. The second-order valence-corrected chi connectivity index (χ2v) is 12.1. The first-order chi connectivity index (χ1) is 22.5. The van der Waals surface area contributed by atoms with Crippen LogP contribution in [0.15, 0.2) is 87.8 Å². The number of carbonyl (C=O) groups excluding carboxylic acids is 1. The molecule has 1 aliphatic rings. The number of allylic oxidation sites excluding steroid dienone is 1. The van der Waals surface area contributed by atoms with E-state index < -0.39 is 33.2 Å². The zero-order valence-electron chi connectivity index (χ0n) is 26.2. The van der Waals surface area contributed by atoms with Crippen molar-refractivity contribution in [1.82, 2.24) is 4.57 Å². The number of hydrogen-bond donors (Lipinski definition) is 0. The second kappa shape index (κ2) is 13.9. The maximum absolute atomic E-state index is 14.2. The molecule has 0 saturated heterocycles. The fourth-order valence-corrected chi connectivity index (χ4v) is 6.31. The Balaban J connectivity index is 1.67.